The topological polar surface area (TPSA) is 35.5 Å². The second-order valence-corrected chi connectivity index (χ2v) is 6.14. The second-order valence-electron chi connectivity index (χ2n) is 6.14. The highest BCUT2D eigenvalue weighted by Gasteiger charge is 2.27. The fraction of sp³-hybridized carbons (Fsp3) is 0.368. The van der Waals surface area contributed by atoms with Crippen molar-refractivity contribution in [2.45, 2.75) is 32.0 Å². The molecule has 22 heavy (non-hydrogen) atoms. The van der Waals surface area contributed by atoms with Crippen LogP contribution in [0.2, 0.25) is 0 Å². The van der Waals surface area contributed by atoms with Crippen molar-refractivity contribution in [1.29, 1.82) is 0 Å². The first-order valence-electron chi connectivity index (χ1n) is 7.99. The van der Waals surface area contributed by atoms with Crippen molar-refractivity contribution in [2.24, 2.45) is 0 Å². The quantitative estimate of drug-likeness (QED) is 0.910. The summed E-state index contributed by atoms with van der Waals surface area (Å²) >= 11 is 0. The van der Waals surface area contributed by atoms with Gasteiger partial charge in [-0.2, -0.15) is 0 Å². The number of aryl methyl sites for hydroxylation is 1. The average Bonchev–Trinajstić information content (AvgIpc) is 2.53. The van der Waals surface area contributed by atoms with Crippen LogP contribution in [0, 0.1) is 6.92 Å². The van der Waals surface area contributed by atoms with E-state index in [1.165, 1.54) is 11.1 Å². The van der Waals surface area contributed by atoms with Crippen LogP contribution in [0.3, 0.4) is 0 Å². The van der Waals surface area contributed by atoms with Gasteiger partial charge >= 0.3 is 0 Å². The van der Waals surface area contributed by atoms with Crippen molar-refractivity contribution in [3.8, 4) is 0 Å². The number of piperidine rings is 1. The number of rotatable bonds is 4. The van der Waals surface area contributed by atoms with Gasteiger partial charge in [0.05, 0.1) is 12.1 Å². The van der Waals surface area contributed by atoms with Crippen molar-refractivity contribution in [3.05, 3.63) is 65.7 Å². The number of anilines is 1. The Morgan fingerprint density at radius 1 is 1.09 bits per heavy atom. The molecule has 0 aromatic heterocycles. The molecule has 2 aromatic rings. The number of nitrogens with one attached hydrogen (secondary N) is 1. The standard InChI is InChI=1S/C19H24N2O/c1-15-7-5-6-10-17(15)20-18-11-12-21(14-19(18)22)13-16-8-3-2-4-9-16/h2-10,18-20,22H,11-14H2,1H3/t18-,19-/m1/s1. The summed E-state index contributed by atoms with van der Waals surface area (Å²) in [5.74, 6) is 0. The van der Waals surface area contributed by atoms with Gasteiger partial charge in [0.1, 0.15) is 0 Å². The van der Waals surface area contributed by atoms with Crippen LogP contribution in [-0.4, -0.2) is 35.2 Å². The highest BCUT2D eigenvalue weighted by atomic mass is 16.3. The molecule has 0 saturated carbocycles. The van der Waals surface area contributed by atoms with Gasteiger partial charge in [0.25, 0.3) is 0 Å². The van der Waals surface area contributed by atoms with Crippen LogP contribution in [0.5, 0.6) is 0 Å². The summed E-state index contributed by atoms with van der Waals surface area (Å²) in [6.45, 7) is 4.74. The molecule has 2 atom stereocenters. The number of likely N-dealkylation sites (tertiary alicyclic amines) is 1. The molecule has 3 heteroatoms. The highest BCUT2D eigenvalue weighted by molar-refractivity contribution is 5.51. The summed E-state index contributed by atoms with van der Waals surface area (Å²) < 4.78 is 0. The molecular weight excluding hydrogens is 272 g/mol. The zero-order valence-electron chi connectivity index (χ0n) is 13.1. The molecule has 116 valence electrons. The van der Waals surface area contributed by atoms with Crippen molar-refractivity contribution in [1.82, 2.24) is 4.90 Å². The molecule has 0 unspecified atom stereocenters. The predicted octanol–water partition coefficient (Wildman–Crippen LogP) is 3.04. The van der Waals surface area contributed by atoms with Crippen molar-refractivity contribution in [2.75, 3.05) is 18.4 Å². The number of β-amino-alcohol motifs (C(OH)–C–C–N with tert-alkyl or cyclic N) is 1. The molecule has 1 heterocycles. The zero-order chi connectivity index (χ0) is 15.4. The molecule has 0 bridgehead atoms. The van der Waals surface area contributed by atoms with Crippen molar-refractivity contribution < 1.29 is 5.11 Å². The molecule has 1 saturated heterocycles. The third kappa shape index (κ3) is 3.67. The van der Waals surface area contributed by atoms with E-state index in [9.17, 15) is 5.11 Å². The Balaban J connectivity index is 1.57. The fourth-order valence-corrected chi connectivity index (χ4v) is 3.09. The van der Waals surface area contributed by atoms with Crippen LogP contribution in [-0.2, 0) is 6.54 Å². The fourth-order valence-electron chi connectivity index (χ4n) is 3.09. The van der Waals surface area contributed by atoms with Gasteiger partial charge in [0.15, 0.2) is 0 Å². The zero-order valence-corrected chi connectivity index (χ0v) is 13.1. The lowest BCUT2D eigenvalue weighted by molar-refractivity contribution is 0.0561. The Bertz CT molecular complexity index is 599. The molecule has 0 spiro atoms. The van der Waals surface area contributed by atoms with Gasteiger partial charge in [-0.3, -0.25) is 4.90 Å². The van der Waals surface area contributed by atoms with Gasteiger partial charge in [-0.1, -0.05) is 48.5 Å². The molecular formula is C19H24N2O. The third-order valence-electron chi connectivity index (χ3n) is 4.40. The maximum absolute atomic E-state index is 10.5. The Morgan fingerprint density at radius 3 is 2.55 bits per heavy atom. The summed E-state index contributed by atoms with van der Waals surface area (Å²) in [4.78, 5) is 2.33. The summed E-state index contributed by atoms with van der Waals surface area (Å²) in [6.07, 6.45) is 0.625. The molecule has 1 fully saturated rings. The molecule has 0 aliphatic carbocycles. The van der Waals surface area contributed by atoms with E-state index < -0.39 is 0 Å². The number of aliphatic hydroxyl groups excluding tert-OH is 1. The van der Waals surface area contributed by atoms with Gasteiger partial charge in [-0.25, -0.2) is 0 Å². The summed E-state index contributed by atoms with van der Waals surface area (Å²) in [5, 5.41) is 14.0. The Hall–Kier alpha value is -1.84. The lowest BCUT2D eigenvalue weighted by Gasteiger charge is -2.37. The maximum atomic E-state index is 10.5. The van der Waals surface area contributed by atoms with Gasteiger partial charge in [-0.15, -0.1) is 0 Å². The van der Waals surface area contributed by atoms with E-state index in [1.54, 1.807) is 0 Å². The minimum absolute atomic E-state index is 0.133. The number of nitrogens with zero attached hydrogens (tertiary/aromatic N) is 1. The van der Waals surface area contributed by atoms with Gasteiger partial charge in [0.2, 0.25) is 0 Å². The monoisotopic (exact) mass is 296 g/mol. The smallest absolute Gasteiger partial charge is 0.0868 e. The average molecular weight is 296 g/mol. The molecule has 3 nitrogen and oxygen atoms in total. The minimum atomic E-state index is -0.336. The molecule has 0 radical (unpaired) electrons. The van der Waals surface area contributed by atoms with Gasteiger partial charge in [-0.05, 0) is 30.5 Å². The van der Waals surface area contributed by atoms with Crippen molar-refractivity contribution in [3.63, 3.8) is 0 Å². The lowest BCUT2D eigenvalue weighted by Crippen LogP contribution is -2.49. The molecule has 2 aromatic carbocycles. The van der Waals surface area contributed by atoms with Crippen molar-refractivity contribution >= 4 is 5.69 Å². The van der Waals surface area contributed by atoms with Crippen LogP contribution in [0.4, 0.5) is 5.69 Å². The second kappa shape index (κ2) is 6.95. The number of hydrogen-bond acceptors (Lipinski definition) is 3. The van der Waals surface area contributed by atoms with Gasteiger partial charge in [0, 0.05) is 25.3 Å². The van der Waals surface area contributed by atoms with E-state index in [1.807, 2.05) is 18.2 Å². The number of para-hydroxylation sites is 1. The summed E-state index contributed by atoms with van der Waals surface area (Å²) in [5.41, 5.74) is 3.66. The maximum Gasteiger partial charge on any atom is 0.0868 e. The lowest BCUT2D eigenvalue weighted by atomic mass is 10.00. The van der Waals surface area contributed by atoms with Crippen LogP contribution < -0.4 is 5.32 Å². The normalized spacial score (nSPS) is 22.5. The van der Waals surface area contributed by atoms with E-state index in [-0.39, 0.29) is 12.1 Å². The van der Waals surface area contributed by atoms with E-state index in [4.69, 9.17) is 0 Å². The van der Waals surface area contributed by atoms with E-state index in [0.717, 1.165) is 31.7 Å². The van der Waals surface area contributed by atoms with E-state index in [0.29, 0.717) is 0 Å². The summed E-state index contributed by atoms with van der Waals surface area (Å²) in [7, 11) is 0. The molecule has 2 N–H and O–H groups in total. The van der Waals surface area contributed by atoms with Gasteiger partial charge < -0.3 is 10.4 Å². The molecule has 0 amide bonds. The number of aliphatic hydroxyl groups is 1. The Morgan fingerprint density at radius 2 is 1.82 bits per heavy atom. The number of benzene rings is 2. The van der Waals surface area contributed by atoms with Crippen LogP contribution in [0.25, 0.3) is 0 Å². The first-order valence-corrected chi connectivity index (χ1v) is 7.99. The summed E-state index contributed by atoms with van der Waals surface area (Å²) in [6, 6.07) is 18.8. The van der Waals surface area contributed by atoms with Crippen LogP contribution in [0.1, 0.15) is 17.5 Å². The molecule has 3 rings (SSSR count). The third-order valence-corrected chi connectivity index (χ3v) is 4.40. The van der Waals surface area contributed by atoms with Crippen LogP contribution in [0.15, 0.2) is 54.6 Å². The first kappa shape index (κ1) is 15.1. The van der Waals surface area contributed by atoms with Crippen LogP contribution >= 0.6 is 0 Å². The number of hydrogen-bond donors (Lipinski definition) is 2. The van der Waals surface area contributed by atoms with E-state index in [2.05, 4.69) is 53.5 Å². The SMILES string of the molecule is Cc1ccccc1N[C@@H]1CCN(Cc2ccccc2)C[C@H]1O. The molecule has 1 aliphatic rings. The Labute approximate surface area is 132 Å². The minimum Gasteiger partial charge on any atom is -0.390 e. The first-order chi connectivity index (χ1) is 10.7. The largest absolute Gasteiger partial charge is 0.390 e. The highest BCUT2D eigenvalue weighted by Crippen LogP contribution is 2.21. The molecule has 1 aliphatic heterocycles. The van der Waals surface area contributed by atoms with E-state index >= 15 is 0 Å². The predicted molar refractivity (Wildman–Crippen MR) is 90.9 cm³/mol. The Kier molecular flexibility index (Phi) is 4.76.